The van der Waals surface area contributed by atoms with E-state index in [0.717, 1.165) is 95.9 Å². The van der Waals surface area contributed by atoms with Crippen LogP contribution in [-0.2, 0) is 0 Å². The number of benzene rings is 2. The number of nitrogens with zero attached hydrogens (tertiary/aromatic N) is 10. The highest BCUT2D eigenvalue weighted by Crippen LogP contribution is 2.45. The first-order chi connectivity index (χ1) is 29.5. The summed E-state index contributed by atoms with van der Waals surface area (Å²) in [4.78, 5) is 33.6. The first-order valence-corrected chi connectivity index (χ1v) is 19.9. The number of para-hydroxylation sites is 1. The molecule has 5 aromatic heterocycles. The molecule has 7 heterocycles. The number of anilines is 4. The van der Waals surface area contributed by atoms with Gasteiger partial charge in [-0.1, -0.05) is 42.5 Å². The van der Waals surface area contributed by atoms with Crippen LogP contribution in [0.25, 0.3) is 34.3 Å². The molecule has 4 aliphatic rings. The number of pyridine rings is 2. The normalized spacial score (nSPS) is 16.6. The van der Waals surface area contributed by atoms with Gasteiger partial charge in [-0.05, 0) is 103 Å². The lowest BCUT2D eigenvalue weighted by Gasteiger charge is -2.23. The van der Waals surface area contributed by atoms with Crippen molar-refractivity contribution >= 4 is 69.7 Å². The third-order valence-corrected chi connectivity index (χ3v) is 11.5. The molecule has 2 aliphatic heterocycles. The highest BCUT2D eigenvalue weighted by Gasteiger charge is 2.34. The summed E-state index contributed by atoms with van der Waals surface area (Å²) >= 11 is 0. The highest BCUT2D eigenvalue weighted by molar-refractivity contribution is 6.18. The Morgan fingerprint density at radius 1 is 0.683 bits per heavy atom. The summed E-state index contributed by atoms with van der Waals surface area (Å²) < 4.78 is 6.32. The van der Waals surface area contributed by atoms with Gasteiger partial charge in [-0.2, -0.15) is 0 Å². The first kappa shape index (κ1) is 35.2. The van der Waals surface area contributed by atoms with Crippen molar-refractivity contribution in [1.29, 1.82) is 0 Å². The van der Waals surface area contributed by atoms with Gasteiger partial charge in [0, 0.05) is 54.0 Å². The topological polar surface area (TPSA) is 127 Å². The van der Waals surface area contributed by atoms with Crippen LogP contribution in [0.5, 0.6) is 0 Å². The molecule has 0 amide bonds. The van der Waals surface area contributed by atoms with Crippen molar-refractivity contribution < 1.29 is 0 Å². The SMILES string of the molecule is CC1=NC=NC2=NC(n3cnc4cccc(Nc5cccn5-c5cnccc5C)c43)=C3C=CC(=C3C2)C([C@@H]2C=Cc3cccc(Nc4cccn4-c4cnccc4C)c32)=N1. The number of aromatic nitrogens is 6. The van der Waals surface area contributed by atoms with Crippen molar-refractivity contribution in [3.05, 3.63) is 174 Å². The molecule has 2 bridgehead atoms. The molecule has 12 heteroatoms. The van der Waals surface area contributed by atoms with Gasteiger partial charge in [-0.3, -0.25) is 14.5 Å². The van der Waals surface area contributed by atoms with Crippen LogP contribution in [0.3, 0.4) is 0 Å². The van der Waals surface area contributed by atoms with Crippen LogP contribution in [0.2, 0.25) is 0 Å². The minimum Gasteiger partial charge on any atom is -0.341 e. The van der Waals surface area contributed by atoms with Crippen molar-refractivity contribution in [2.24, 2.45) is 20.0 Å². The van der Waals surface area contributed by atoms with Crippen LogP contribution in [0, 0.1) is 13.8 Å². The van der Waals surface area contributed by atoms with E-state index < -0.39 is 0 Å². The maximum Gasteiger partial charge on any atom is 0.148 e. The van der Waals surface area contributed by atoms with E-state index in [1.807, 2.05) is 80.6 Å². The smallest absolute Gasteiger partial charge is 0.148 e. The molecule has 290 valence electrons. The summed E-state index contributed by atoms with van der Waals surface area (Å²) in [6.45, 7) is 6.11. The minimum atomic E-state index is -0.157. The molecule has 0 radical (unpaired) electrons. The number of hydrogen-bond acceptors (Lipinski definition) is 9. The number of allylic oxidation sites excluding steroid dienone is 5. The first-order valence-electron chi connectivity index (χ1n) is 19.9. The molecule has 2 aromatic carbocycles. The number of aryl methyl sites for hydroxylation is 2. The zero-order chi connectivity index (χ0) is 40.3. The molecule has 11 rings (SSSR count). The van der Waals surface area contributed by atoms with Gasteiger partial charge in [0.2, 0.25) is 0 Å². The third kappa shape index (κ3) is 5.87. The Balaban J connectivity index is 1.01. The summed E-state index contributed by atoms with van der Waals surface area (Å²) in [5, 5.41) is 7.48. The Kier molecular flexibility index (Phi) is 8.29. The zero-order valence-corrected chi connectivity index (χ0v) is 33.1. The Bertz CT molecular complexity index is 3170. The van der Waals surface area contributed by atoms with E-state index >= 15 is 0 Å². The average molecular weight is 783 g/mol. The van der Waals surface area contributed by atoms with Crippen LogP contribution < -0.4 is 10.6 Å². The second kappa shape index (κ2) is 14.1. The number of nitrogens with one attached hydrogen (secondary N) is 2. The Labute approximate surface area is 345 Å². The third-order valence-electron chi connectivity index (χ3n) is 11.5. The molecule has 7 aromatic rings. The minimum absolute atomic E-state index is 0.157. The number of rotatable bonds is 8. The summed E-state index contributed by atoms with van der Waals surface area (Å²) in [6, 6.07) is 24.8. The van der Waals surface area contributed by atoms with Gasteiger partial charge in [0.25, 0.3) is 0 Å². The number of amidine groups is 2. The number of fused-ring (bicyclic) bond motifs is 3. The summed E-state index contributed by atoms with van der Waals surface area (Å²) in [7, 11) is 0. The second-order valence-corrected chi connectivity index (χ2v) is 15.1. The van der Waals surface area contributed by atoms with Crippen LogP contribution in [0.15, 0.2) is 171 Å². The molecule has 1 atom stereocenters. The molecule has 12 nitrogen and oxygen atoms in total. The van der Waals surface area contributed by atoms with E-state index in [-0.39, 0.29) is 5.92 Å². The molecule has 2 N–H and O–H groups in total. The van der Waals surface area contributed by atoms with Crippen LogP contribution in [0.1, 0.15) is 41.5 Å². The van der Waals surface area contributed by atoms with Crippen molar-refractivity contribution in [2.75, 3.05) is 10.6 Å². The van der Waals surface area contributed by atoms with Gasteiger partial charge >= 0.3 is 0 Å². The summed E-state index contributed by atoms with van der Waals surface area (Å²) in [5.74, 6) is 3.70. The monoisotopic (exact) mass is 782 g/mol. The molecule has 0 spiro atoms. The van der Waals surface area contributed by atoms with Crippen LogP contribution in [-0.4, -0.2) is 52.4 Å². The van der Waals surface area contributed by atoms with Gasteiger partial charge < -0.3 is 19.8 Å². The van der Waals surface area contributed by atoms with Crippen molar-refractivity contribution in [1.82, 2.24) is 28.7 Å². The van der Waals surface area contributed by atoms with Crippen LogP contribution >= 0.6 is 0 Å². The van der Waals surface area contributed by atoms with Crippen molar-refractivity contribution in [2.45, 2.75) is 33.1 Å². The molecule has 60 heavy (non-hydrogen) atoms. The molecule has 0 saturated carbocycles. The van der Waals surface area contributed by atoms with E-state index in [9.17, 15) is 0 Å². The van der Waals surface area contributed by atoms with Gasteiger partial charge in [0.1, 0.15) is 41.8 Å². The molecular weight excluding hydrogens is 745 g/mol. The van der Waals surface area contributed by atoms with Gasteiger partial charge in [0.05, 0.1) is 46.2 Å². The standard InChI is InChI=1S/C48H38N12/c1-29-18-20-49-25-40(29)58-22-6-12-43(58)55-37-9-4-8-32-14-15-35(45(32)37)46-33-16-17-34-36(33)24-42(52-27-51-31(3)54-46)57-48(34)60-28-53-38-10-5-11-39(47(38)60)56-44-13-7-23-59(44)41-26-50-21-19-30(41)2/h4-23,25-28,35,55-56H,24H2,1-3H3/t35-/m1/s1. The molecule has 0 unspecified atom stereocenters. The molecule has 0 saturated heterocycles. The van der Waals surface area contributed by atoms with E-state index in [1.165, 1.54) is 0 Å². The molecular formula is C48H38N12. The zero-order valence-electron chi connectivity index (χ0n) is 33.1. The summed E-state index contributed by atoms with van der Waals surface area (Å²) in [6.07, 6.45) is 24.2. The number of imidazole rings is 1. The largest absolute Gasteiger partial charge is 0.341 e. The maximum absolute atomic E-state index is 5.27. The van der Waals surface area contributed by atoms with Crippen molar-refractivity contribution in [3.63, 3.8) is 0 Å². The molecule has 2 aliphatic carbocycles. The fraction of sp³-hybridized carbons (Fsp3) is 0.104. The van der Waals surface area contributed by atoms with Crippen molar-refractivity contribution in [3.8, 4) is 11.4 Å². The van der Waals surface area contributed by atoms with Gasteiger partial charge in [-0.25, -0.2) is 25.0 Å². The van der Waals surface area contributed by atoms with E-state index in [4.69, 9.17) is 20.0 Å². The fourth-order valence-electron chi connectivity index (χ4n) is 8.58. The highest BCUT2D eigenvalue weighted by atomic mass is 15.2. The van der Waals surface area contributed by atoms with Gasteiger partial charge in [0.15, 0.2) is 0 Å². The quantitative estimate of drug-likeness (QED) is 0.159. The predicted octanol–water partition coefficient (Wildman–Crippen LogP) is 10.1. The number of hydrogen-bond donors (Lipinski definition) is 2. The van der Waals surface area contributed by atoms with Gasteiger partial charge in [-0.15, -0.1) is 0 Å². The van der Waals surface area contributed by atoms with E-state index in [1.54, 1.807) is 6.34 Å². The Hall–Kier alpha value is -7.99. The fourth-order valence-corrected chi connectivity index (χ4v) is 8.58. The Morgan fingerprint density at radius 2 is 1.38 bits per heavy atom. The van der Waals surface area contributed by atoms with Crippen LogP contribution in [0.4, 0.5) is 23.0 Å². The predicted molar refractivity (Wildman–Crippen MR) is 242 cm³/mol. The lowest BCUT2D eigenvalue weighted by molar-refractivity contribution is 1.04. The lowest BCUT2D eigenvalue weighted by Crippen LogP contribution is -2.18. The molecule has 0 fully saturated rings. The van der Waals surface area contributed by atoms with E-state index in [0.29, 0.717) is 18.1 Å². The second-order valence-electron chi connectivity index (χ2n) is 15.1. The van der Waals surface area contributed by atoms with E-state index in [2.05, 4.69) is 120 Å². The Morgan fingerprint density at radius 3 is 2.13 bits per heavy atom. The number of aliphatic imine (C=N–C) groups is 4. The average Bonchev–Trinajstić information content (AvgIpc) is 4.11. The summed E-state index contributed by atoms with van der Waals surface area (Å²) in [5.41, 5.74) is 14.3. The lowest BCUT2D eigenvalue weighted by atomic mass is 9.87. The maximum atomic E-state index is 5.27.